The molecule has 3 unspecified atom stereocenters. The number of hydrogen-bond donors (Lipinski definition) is 1. The quantitative estimate of drug-likeness (QED) is 0.838. The molecule has 0 radical (unpaired) electrons. The minimum absolute atomic E-state index is 0.393. The minimum Gasteiger partial charge on any atom is -0.378 e. The highest BCUT2D eigenvalue weighted by Gasteiger charge is 2.48. The Morgan fingerprint density at radius 3 is 2.70 bits per heavy atom. The first-order valence-electron chi connectivity index (χ1n) is 8.69. The third kappa shape index (κ3) is 3.05. The zero-order valence-corrected chi connectivity index (χ0v) is 13.5. The van der Waals surface area contributed by atoms with Crippen molar-refractivity contribution in [3.63, 3.8) is 0 Å². The Bertz CT molecular complexity index is 323. The van der Waals surface area contributed by atoms with E-state index < -0.39 is 0 Å². The van der Waals surface area contributed by atoms with Crippen molar-refractivity contribution in [2.24, 2.45) is 11.8 Å². The maximum atomic E-state index is 5.82. The van der Waals surface area contributed by atoms with Gasteiger partial charge in [0.05, 0.1) is 6.10 Å². The van der Waals surface area contributed by atoms with Gasteiger partial charge in [-0.1, -0.05) is 13.8 Å². The van der Waals surface area contributed by atoms with Gasteiger partial charge in [-0.05, 0) is 50.9 Å². The maximum absolute atomic E-state index is 5.82. The van der Waals surface area contributed by atoms with Gasteiger partial charge in [0.15, 0.2) is 0 Å². The minimum atomic E-state index is 0.393. The van der Waals surface area contributed by atoms with E-state index in [-0.39, 0.29) is 0 Å². The lowest BCUT2D eigenvalue weighted by molar-refractivity contribution is 0.00968. The van der Waals surface area contributed by atoms with Gasteiger partial charge in [0.2, 0.25) is 0 Å². The van der Waals surface area contributed by atoms with Crippen molar-refractivity contribution >= 4 is 0 Å². The first-order chi connectivity index (χ1) is 9.59. The molecule has 0 amide bonds. The van der Waals surface area contributed by atoms with Crippen molar-refractivity contribution in [1.29, 1.82) is 0 Å². The van der Waals surface area contributed by atoms with Gasteiger partial charge in [0, 0.05) is 37.8 Å². The van der Waals surface area contributed by atoms with Crippen LogP contribution in [0.1, 0.15) is 52.9 Å². The summed E-state index contributed by atoms with van der Waals surface area (Å²) in [6.45, 7) is 11.8. The van der Waals surface area contributed by atoms with Crippen molar-refractivity contribution in [3.05, 3.63) is 0 Å². The summed E-state index contributed by atoms with van der Waals surface area (Å²) in [6.07, 6.45) is 7.17. The zero-order chi connectivity index (χ0) is 14.2. The van der Waals surface area contributed by atoms with Crippen molar-refractivity contribution in [3.8, 4) is 0 Å². The largest absolute Gasteiger partial charge is 0.378 e. The molecule has 2 aliphatic heterocycles. The molecule has 1 saturated carbocycles. The first kappa shape index (κ1) is 14.8. The van der Waals surface area contributed by atoms with Crippen molar-refractivity contribution in [1.82, 2.24) is 10.2 Å². The van der Waals surface area contributed by atoms with Crippen molar-refractivity contribution < 1.29 is 4.74 Å². The molecule has 2 heterocycles. The number of rotatable bonds is 5. The molecule has 1 aliphatic carbocycles. The summed E-state index contributed by atoms with van der Waals surface area (Å²) >= 11 is 0. The molecule has 116 valence electrons. The van der Waals surface area contributed by atoms with Crippen LogP contribution in [0.4, 0.5) is 0 Å². The molecule has 3 aliphatic rings. The van der Waals surface area contributed by atoms with Gasteiger partial charge in [-0.25, -0.2) is 0 Å². The lowest BCUT2D eigenvalue weighted by Crippen LogP contribution is -2.65. The van der Waals surface area contributed by atoms with E-state index in [1.54, 1.807) is 0 Å². The Morgan fingerprint density at radius 2 is 2.10 bits per heavy atom. The number of nitrogens with zero attached hydrogens (tertiary/aromatic N) is 1. The Balaban J connectivity index is 1.61. The lowest BCUT2D eigenvalue weighted by atomic mass is 9.87. The third-order valence-electron chi connectivity index (χ3n) is 5.87. The fourth-order valence-electron chi connectivity index (χ4n) is 4.03. The number of nitrogens with one attached hydrogen (secondary N) is 1. The summed E-state index contributed by atoms with van der Waals surface area (Å²) < 4.78 is 5.82. The van der Waals surface area contributed by atoms with Crippen LogP contribution in [0.5, 0.6) is 0 Å². The molecule has 3 atom stereocenters. The van der Waals surface area contributed by atoms with Crippen LogP contribution in [0.2, 0.25) is 0 Å². The number of ether oxygens (including phenoxy) is 1. The lowest BCUT2D eigenvalue weighted by Gasteiger charge is -2.50. The molecule has 1 N–H and O–H groups in total. The van der Waals surface area contributed by atoms with Crippen LogP contribution in [-0.2, 0) is 4.74 Å². The molecule has 0 aromatic rings. The molecule has 0 bridgehead atoms. The van der Waals surface area contributed by atoms with Crippen LogP contribution in [0, 0.1) is 11.8 Å². The average Bonchev–Trinajstić information content (AvgIpc) is 3.16. The second-order valence-electron chi connectivity index (χ2n) is 7.73. The van der Waals surface area contributed by atoms with E-state index in [0.29, 0.717) is 17.7 Å². The molecule has 0 spiro atoms. The highest BCUT2D eigenvalue weighted by molar-refractivity contribution is 5.05. The highest BCUT2D eigenvalue weighted by Crippen LogP contribution is 2.44. The van der Waals surface area contributed by atoms with E-state index in [9.17, 15) is 0 Å². The molecular weight excluding hydrogens is 248 g/mol. The van der Waals surface area contributed by atoms with Gasteiger partial charge in [-0.15, -0.1) is 0 Å². The van der Waals surface area contributed by atoms with Crippen LogP contribution in [0.15, 0.2) is 0 Å². The van der Waals surface area contributed by atoms with E-state index in [1.165, 1.54) is 51.7 Å². The SMILES string of the molecule is CC(C)C1CN(CCC2CCCO2)C(C)(C2CC2)CN1. The standard InChI is InChI=1S/C17H32N2O/c1-13(2)16-11-19(9-8-15-5-4-10-20-15)17(3,12-18-16)14-6-7-14/h13-16,18H,4-12H2,1-3H3. The Hall–Kier alpha value is -0.120. The van der Waals surface area contributed by atoms with Gasteiger partial charge in [0.25, 0.3) is 0 Å². The number of piperazine rings is 1. The summed E-state index contributed by atoms with van der Waals surface area (Å²) in [5, 5.41) is 3.82. The van der Waals surface area contributed by atoms with Crippen LogP contribution in [0.25, 0.3) is 0 Å². The second-order valence-corrected chi connectivity index (χ2v) is 7.73. The Kier molecular flexibility index (Phi) is 4.40. The van der Waals surface area contributed by atoms with Crippen LogP contribution in [-0.4, -0.2) is 48.8 Å². The molecule has 0 aromatic carbocycles. The van der Waals surface area contributed by atoms with E-state index in [2.05, 4.69) is 31.0 Å². The molecule has 0 aromatic heterocycles. The van der Waals surface area contributed by atoms with Gasteiger partial charge >= 0.3 is 0 Å². The predicted octanol–water partition coefficient (Wildman–Crippen LogP) is 2.65. The Labute approximate surface area is 124 Å². The number of hydrogen-bond acceptors (Lipinski definition) is 3. The van der Waals surface area contributed by atoms with Gasteiger partial charge in [0.1, 0.15) is 0 Å². The summed E-state index contributed by atoms with van der Waals surface area (Å²) in [5.41, 5.74) is 0.393. The average molecular weight is 280 g/mol. The molecule has 20 heavy (non-hydrogen) atoms. The first-order valence-corrected chi connectivity index (χ1v) is 8.69. The Morgan fingerprint density at radius 1 is 1.30 bits per heavy atom. The topological polar surface area (TPSA) is 24.5 Å². The van der Waals surface area contributed by atoms with Crippen LogP contribution < -0.4 is 5.32 Å². The summed E-state index contributed by atoms with van der Waals surface area (Å²) in [6, 6.07) is 0.659. The molecule has 3 heteroatoms. The summed E-state index contributed by atoms with van der Waals surface area (Å²) in [5.74, 6) is 1.65. The van der Waals surface area contributed by atoms with Crippen molar-refractivity contribution in [2.45, 2.75) is 70.6 Å². The van der Waals surface area contributed by atoms with Gasteiger partial charge in [-0.3, -0.25) is 4.90 Å². The monoisotopic (exact) mass is 280 g/mol. The third-order valence-corrected chi connectivity index (χ3v) is 5.87. The summed E-state index contributed by atoms with van der Waals surface area (Å²) in [4.78, 5) is 2.80. The van der Waals surface area contributed by atoms with Gasteiger partial charge < -0.3 is 10.1 Å². The normalized spacial score (nSPS) is 39.6. The van der Waals surface area contributed by atoms with Gasteiger partial charge in [-0.2, -0.15) is 0 Å². The molecule has 3 fully saturated rings. The van der Waals surface area contributed by atoms with Crippen LogP contribution >= 0.6 is 0 Å². The van der Waals surface area contributed by atoms with E-state index in [1.807, 2.05) is 0 Å². The zero-order valence-electron chi connectivity index (χ0n) is 13.5. The molecule has 3 rings (SSSR count). The smallest absolute Gasteiger partial charge is 0.0588 e. The molecule has 3 nitrogen and oxygen atoms in total. The predicted molar refractivity (Wildman–Crippen MR) is 82.9 cm³/mol. The second kappa shape index (κ2) is 5.94. The van der Waals surface area contributed by atoms with E-state index >= 15 is 0 Å². The molecule has 2 saturated heterocycles. The maximum Gasteiger partial charge on any atom is 0.0588 e. The van der Waals surface area contributed by atoms with E-state index in [0.717, 1.165) is 18.4 Å². The van der Waals surface area contributed by atoms with Crippen LogP contribution in [0.3, 0.4) is 0 Å². The van der Waals surface area contributed by atoms with E-state index in [4.69, 9.17) is 4.74 Å². The fraction of sp³-hybridized carbons (Fsp3) is 1.00. The summed E-state index contributed by atoms with van der Waals surface area (Å²) in [7, 11) is 0. The fourth-order valence-corrected chi connectivity index (χ4v) is 4.03. The highest BCUT2D eigenvalue weighted by atomic mass is 16.5. The van der Waals surface area contributed by atoms with Crippen molar-refractivity contribution in [2.75, 3.05) is 26.2 Å². The molecular formula is C17H32N2O.